The maximum atomic E-state index is 14.4. The van der Waals surface area contributed by atoms with Crippen LogP contribution in [-0.4, -0.2) is 52.6 Å². The normalized spacial score (nSPS) is 16.1. The van der Waals surface area contributed by atoms with E-state index in [4.69, 9.17) is 37.9 Å². The lowest BCUT2D eigenvalue weighted by Crippen LogP contribution is -2.55. The number of rotatable bonds is 13. The number of nitro groups is 1. The van der Waals surface area contributed by atoms with Gasteiger partial charge in [-0.3, -0.25) is 19.7 Å². The first-order valence-electron chi connectivity index (χ1n) is 19.9. The first kappa shape index (κ1) is 44.3. The number of carbonyl (C=O) groups is 3. The number of nitrogens with zero attached hydrogens (tertiary/aromatic N) is 3. The van der Waals surface area contributed by atoms with Crippen LogP contribution < -0.4 is 20.1 Å². The number of amides is 2. The largest absolute Gasteiger partial charge is 0.489 e. The molecule has 0 fully saturated rings. The Morgan fingerprint density at radius 1 is 0.923 bits per heavy atom. The quantitative estimate of drug-likeness (QED) is 0.0744. The molecule has 6 aromatic carbocycles. The van der Waals surface area contributed by atoms with E-state index in [0.717, 1.165) is 33.1 Å². The summed E-state index contributed by atoms with van der Waals surface area (Å²) in [6.45, 7) is -0.198. The van der Waals surface area contributed by atoms with Crippen molar-refractivity contribution in [3.8, 4) is 28.7 Å². The third-order valence-corrected chi connectivity index (χ3v) is 13.6. The summed E-state index contributed by atoms with van der Waals surface area (Å²) >= 11 is 12.1. The molecule has 15 nitrogen and oxygen atoms in total. The number of hydrogen-bond donors (Lipinski definition) is 3. The number of carboxylic acid groups (broad SMARTS) is 1. The Bertz CT molecular complexity index is 3020. The fraction of sp³-hybridized carbons (Fsp3) is 0.149. The van der Waals surface area contributed by atoms with E-state index in [1.165, 1.54) is 12.1 Å². The van der Waals surface area contributed by atoms with Crippen molar-refractivity contribution in [1.29, 1.82) is 5.26 Å². The van der Waals surface area contributed by atoms with E-state index in [9.17, 15) is 38.0 Å². The summed E-state index contributed by atoms with van der Waals surface area (Å²) in [5.74, 6) is -2.05. The summed E-state index contributed by atoms with van der Waals surface area (Å²) in [5.41, 5.74) is 4.68. The molecule has 18 heteroatoms. The van der Waals surface area contributed by atoms with Crippen LogP contribution >= 0.6 is 23.2 Å². The third-order valence-electron chi connectivity index (χ3n) is 11.0. The molecule has 0 bridgehead atoms. The number of benzene rings is 6. The average molecular weight is 933 g/mol. The number of nitro benzene ring substituents is 1. The highest BCUT2D eigenvalue weighted by molar-refractivity contribution is 7.89. The van der Waals surface area contributed by atoms with Gasteiger partial charge in [0, 0.05) is 30.7 Å². The molecule has 6 aromatic rings. The molecule has 0 saturated heterocycles. The SMILES string of the molecule is N#Cc1ccc(-c2ccc(CC(NC(=O)C3Cc4cc5c(cc4CN3S(=O)(=O)c3cccc([N+](=O)[O-])c3)OC(c3ccc(OCc4ccc(Cl)c(Cl)c4)cc3)C(=O)N5)C(=O)O)cc2)cc1. The molecule has 0 radical (unpaired) electrons. The van der Waals surface area contributed by atoms with E-state index >= 15 is 0 Å². The molecule has 328 valence electrons. The number of carbonyl (C=O) groups excluding carboxylic acids is 2. The van der Waals surface area contributed by atoms with Gasteiger partial charge in [-0.1, -0.05) is 83.9 Å². The molecule has 65 heavy (non-hydrogen) atoms. The number of anilines is 1. The molecule has 2 aliphatic heterocycles. The molecule has 2 amide bonds. The summed E-state index contributed by atoms with van der Waals surface area (Å²) in [4.78, 5) is 50.8. The molecule has 2 heterocycles. The van der Waals surface area contributed by atoms with Crippen LogP contribution in [0.1, 0.15) is 39.5 Å². The first-order chi connectivity index (χ1) is 31.2. The van der Waals surface area contributed by atoms with Gasteiger partial charge in [0.05, 0.1) is 37.2 Å². The monoisotopic (exact) mass is 931 g/mol. The second kappa shape index (κ2) is 18.4. The van der Waals surface area contributed by atoms with Crippen LogP contribution in [0.4, 0.5) is 11.4 Å². The molecule has 2 aliphatic rings. The van der Waals surface area contributed by atoms with Gasteiger partial charge in [-0.25, -0.2) is 13.2 Å². The number of hydrogen-bond acceptors (Lipinski definition) is 10. The molecule has 0 spiro atoms. The van der Waals surface area contributed by atoms with E-state index in [-0.39, 0.29) is 30.9 Å². The zero-order valence-electron chi connectivity index (χ0n) is 33.8. The second-order valence-electron chi connectivity index (χ2n) is 15.2. The number of non-ortho nitro benzene ring substituents is 1. The van der Waals surface area contributed by atoms with Crippen LogP contribution in [0.25, 0.3) is 11.1 Å². The number of halogens is 2. The second-order valence-corrected chi connectivity index (χ2v) is 17.9. The maximum Gasteiger partial charge on any atom is 0.326 e. The molecule has 3 atom stereocenters. The molecule has 3 N–H and O–H groups in total. The minimum Gasteiger partial charge on any atom is -0.489 e. The highest BCUT2D eigenvalue weighted by Gasteiger charge is 2.42. The lowest BCUT2D eigenvalue weighted by molar-refractivity contribution is -0.385. The lowest BCUT2D eigenvalue weighted by atomic mass is 9.93. The molecule has 0 aliphatic carbocycles. The van der Waals surface area contributed by atoms with Crippen LogP contribution in [0.5, 0.6) is 11.5 Å². The van der Waals surface area contributed by atoms with Crippen molar-refractivity contribution in [2.75, 3.05) is 5.32 Å². The van der Waals surface area contributed by atoms with E-state index < -0.39 is 68.0 Å². The van der Waals surface area contributed by atoms with Crippen LogP contribution in [0.3, 0.4) is 0 Å². The highest BCUT2D eigenvalue weighted by atomic mass is 35.5. The number of carboxylic acids is 1. The predicted molar refractivity (Wildman–Crippen MR) is 239 cm³/mol. The zero-order chi connectivity index (χ0) is 46.0. The van der Waals surface area contributed by atoms with E-state index in [0.29, 0.717) is 43.6 Å². The highest BCUT2D eigenvalue weighted by Crippen LogP contribution is 2.41. The Hall–Kier alpha value is -7.29. The fourth-order valence-electron chi connectivity index (χ4n) is 7.56. The molecular weight excluding hydrogens is 898 g/mol. The van der Waals surface area contributed by atoms with Crippen LogP contribution in [0.2, 0.25) is 10.0 Å². The minimum atomic E-state index is -4.65. The van der Waals surface area contributed by atoms with Gasteiger partial charge in [0.15, 0.2) is 0 Å². The topological polar surface area (TPSA) is 218 Å². The van der Waals surface area contributed by atoms with Crippen molar-refractivity contribution >= 4 is 62.4 Å². The standard InChI is InChI=1S/C47H35Cl2N5O10S/c48-38-17-8-29(18-39(38)49)26-63-36-15-13-32(14-16-36)44-46(56)51-40-20-33-21-42(53(25-34(33)22-43(40)64-44)65(61,62)37-3-1-2-35(23-37)54(59)60)45(55)52-41(47(57)58)19-27-4-9-30(10-5-27)31-11-6-28(24-50)7-12-31/h1-18,20,22-23,41-42,44H,19,21,25-26H2,(H,51,56)(H,52,55)(H,57,58). The van der Waals surface area contributed by atoms with Gasteiger partial charge < -0.3 is 25.2 Å². The maximum absolute atomic E-state index is 14.4. The van der Waals surface area contributed by atoms with Crippen LogP contribution in [-0.2, 0) is 50.4 Å². The van der Waals surface area contributed by atoms with Crippen molar-refractivity contribution < 1.29 is 42.3 Å². The smallest absolute Gasteiger partial charge is 0.326 e. The van der Waals surface area contributed by atoms with Gasteiger partial charge in [-0.2, -0.15) is 9.57 Å². The molecule has 0 aromatic heterocycles. The average Bonchev–Trinajstić information content (AvgIpc) is 3.31. The van der Waals surface area contributed by atoms with Crippen molar-refractivity contribution in [3.05, 3.63) is 181 Å². The van der Waals surface area contributed by atoms with Crippen molar-refractivity contribution in [3.63, 3.8) is 0 Å². The summed E-state index contributed by atoms with van der Waals surface area (Å²) < 4.78 is 41.8. The molecule has 0 saturated carbocycles. The third kappa shape index (κ3) is 9.64. The van der Waals surface area contributed by atoms with E-state index in [1.807, 2.05) is 0 Å². The fourth-order valence-corrected chi connectivity index (χ4v) is 9.49. The summed E-state index contributed by atoms with van der Waals surface area (Å²) in [7, 11) is -4.65. The van der Waals surface area contributed by atoms with Crippen LogP contribution in [0, 0.1) is 21.4 Å². The lowest BCUT2D eigenvalue weighted by Gasteiger charge is -2.36. The van der Waals surface area contributed by atoms with E-state index in [1.54, 1.807) is 103 Å². The first-order valence-corrected chi connectivity index (χ1v) is 22.1. The Labute approximate surface area is 381 Å². The Morgan fingerprint density at radius 3 is 2.28 bits per heavy atom. The zero-order valence-corrected chi connectivity index (χ0v) is 36.1. The Kier molecular flexibility index (Phi) is 12.6. The number of sulfonamides is 1. The number of fused-ring (bicyclic) bond motifs is 2. The predicted octanol–water partition coefficient (Wildman–Crippen LogP) is 8.02. The number of nitrogens with one attached hydrogen (secondary N) is 2. The van der Waals surface area contributed by atoms with Gasteiger partial charge in [0.25, 0.3) is 11.6 Å². The molecule has 3 unspecified atom stereocenters. The minimum absolute atomic E-state index is 0.151. The number of aliphatic carboxylic acids is 1. The van der Waals surface area contributed by atoms with Crippen molar-refractivity contribution in [1.82, 2.24) is 9.62 Å². The summed E-state index contributed by atoms with van der Waals surface area (Å²) in [6.07, 6.45) is -1.50. The molecular formula is C47H35Cl2N5O10S. The van der Waals surface area contributed by atoms with E-state index in [2.05, 4.69) is 16.7 Å². The van der Waals surface area contributed by atoms with Gasteiger partial charge >= 0.3 is 5.97 Å². The van der Waals surface area contributed by atoms with Crippen molar-refractivity contribution in [2.24, 2.45) is 0 Å². The van der Waals surface area contributed by atoms with Gasteiger partial charge in [0.1, 0.15) is 30.2 Å². The van der Waals surface area contributed by atoms with Crippen molar-refractivity contribution in [2.45, 2.75) is 49.1 Å². The Balaban J connectivity index is 1.04. The van der Waals surface area contributed by atoms with Gasteiger partial charge in [-0.05, 0) is 94.4 Å². The van der Waals surface area contributed by atoms with Gasteiger partial charge in [0.2, 0.25) is 22.0 Å². The van der Waals surface area contributed by atoms with Gasteiger partial charge in [-0.15, -0.1) is 0 Å². The number of nitriles is 1. The Morgan fingerprint density at radius 2 is 1.62 bits per heavy atom. The number of ether oxygens (including phenoxy) is 2. The molecule has 8 rings (SSSR count). The summed E-state index contributed by atoms with van der Waals surface area (Å²) in [5, 5.41) is 37.2. The van der Waals surface area contributed by atoms with Crippen LogP contribution in [0.15, 0.2) is 132 Å². The summed E-state index contributed by atoms with van der Waals surface area (Å²) in [6, 6.07) is 32.4.